The molecule has 3 aromatic rings. The van der Waals surface area contributed by atoms with E-state index in [4.69, 9.17) is 9.47 Å². The van der Waals surface area contributed by atoms with Gasteiger partial charge in [-0.15, -0.1) is 0 Å². The average Bonchev–Trinajstić information content (AvgIpc) is 3.04. The molecule has 0 fully saturated rings. The summed E-state index contributed by atoms with van der Waals surface area (Å²) in [4.78, 5) is 11.3. The van der Waals surface area contributed by atoms with Crippen LogP contribution in [0.4, 0.5) is 8.78 Å². The number of rotatable bonds is 7. The maximum Gasteiger partial charge on any atom is 0.387 e. The van der Waals surface area contributed by atoms with Gasteiger partial charge in [-0.2, -0.15) is 13.8 Å². The van der Waals surface area contributed by atoms with Crippen molar-refractivity contribution in [3.63, 3.8) is 0 Å². The molecule has 2 aromatic heterocycles. The summed E-state index contributed by atoms with van der Waals surface area (Å²) in [7, 11) is 2.97. The smallest absolute Gasteiger partial charge is 0.387 e. The van der Waals surface area contributed by atoms with Gasteiger partial charge in [0, 0.05) is 29.5 Å². The number of benzene rings is 1. The summed E-state index contributed by atoms with van der Waals surface area (Å²) in [5.74, 6) is 0.896. The first kappa shape index (κ1) is 33.6. The monoisotopic (exact) mass is 481 g/mol. The summed E-state index contributed by atoms with van der Waals surface area (Å²) in [5, 5.41) is 0.195. The van der Waals surface area contributed by atoms with Crippen LogP contribution in [0.1, 0.15) is 5.69 Å². The van der Waals surface area contributed by atoms with Crippen LogP contribution in [0.3, 0.4) is 0 Å². The van der Waals surface area contributed by atoms with Crippen LogP contribution in [0.5, 0.6) is 17.2 Å². The van der Waals surface area contributed by atoms with Crippen molar-refractivity contribution in [3.05, 3.63) is 36.2 Å². The highest BCUT2D eigenvalue weighted by molar-refractivity contribution is 7.90. The second kappa shape index (κ2) is 14.9. The number of fused-ring (bicyclic) bond motifs is 1. The zero-order valence-electron chi connectivity index (χ0n) is 15.9. The van der Waals surface area contributed by atoms with Crippen LogP contribution in [0.15, 0.2) is 35.6 Å². The topological polar surface area (TPSA) is 218 Å². The molecule has 1 aromatic carbocycles. The number of methoxy groups -OCH3 is 2. The van der Waals surface area contributed by atoms with E-state index in [0.717, 1.165) is 0 Å². The van der Waals surface area contributed by atoms with Gasteiger partial charge < -0.3 is 40.7 Å². The first-order chi connectivity index (χ1) is 12.5. The van der Waals surface area contributed by atoms with Crippen molar-refractivity contribution in [2.24, 2.45) is 0 Å². The van der Waals surface area contributed by atoms with Crippen molar-refractivity contribution in [2.75, 3.05) is 14.2 Å². The van der Waals surface area contributed by atoms with Crippen molar-refractivity contribution in [1.82, 2.24) is 15.0 Å². The Balaban J connectivity index is -0.00000157. The lowest BCUT2D eigenvalue weighted by atomic mass is 10.3. The highest BCUT2D eigenvalue weighted by atomic mass is 32.2. The van der Waals surface area contributed by atoms with Gasteiger partial charge in [-0.05, 0) is 12.1 Å². The van der Waals surface area contributed by atoms with Crippen molar-refractivity contribution < 1.29 is 49.4 Å². The molecule has 15 heteroatoms. The predicted molar refractivity (Wildman–Crippen MR) is 113 cm³/mol. The summed E-state index contributed by atoms with van der Waals surface area (Å²) < 4.78 is 52.1. The van der Waals surface area contributed by atoms with Gasteiger partial charge in [-0.1, -0.05) is 0 Å². The molecule has 1 atom stereocenters. The highest BCUT2D eigenvalue weighted by Crippen LogP contribution is 2.31. The molecule has 0 saturated carbocycles. The second-order valence-electron chi connectivity index (χ2n) is 5.08. The van der Waals surface area contributed by atoms with Crippen molar-refractivity contribution >= 4 is 45.3 Å². The minimum absolute atomic E-state index is 0. The molecule has 31 heavy (non-hydrogen) atoms. The van der Waals surface area contributed by atoms with Crippen molar-refractivity contribution in [1.29, 1.82) is 0 Å². The summed E-state index contributed by atoms with van der Waals surface area (Å²) in [6, 6.07) is 5.90. The number of halogens is 2. The fourth-order valence-corrected chi connectivity index (χ4v) is 3.41. The number of nitrogens with one attached hydrogen (secondary N) is 1. The van der Waals surface area contributed by atoms with E-state index in [1.807, 2.05) is 0 Å². The lowest BCUT2D eigenvalue weighted by Crippen LogP contribution is -2.10. The Morgan fingerprint density at radius 3 is 2.35 bits per heavy atom. The molecular formula is C16H25F2MgN3O8S. The normalized spacial score (nSPS) is 10.4. The SMILES string of the molecule is COc1ccnc(C[S+]([O-])c2nc3cc(OC(F)F)ccc3[nH]2)c1OC.O.O.O.O.[MgH2]. The Morgan fingerprint density at radius 2 is 1.77 bits per heavy atom. The Kier molecular flexibility index (Phi) is 16.2. The van der Waals surface area contributed by atoms with Gasteiger partial charge in [0.1, 0.15) is 11.4 Å². The van der Waals surface area contributed by atoms with E-state index in [0.29, 0.717) is 28.2 Å². The van der Waals surface area contributed by atoms with Crippen LogP contribution >= 0.6 is 0 Å². The maximum atomic E-state index is 12.6. The molecule has 0 aliphatic rings. The summed E-state index contributed by atoms with van der Waals surface area (Å²) in [5.41, 5.74) is 1.38. The molecular weight excluding hydrogens is 457 g/mol. The molecule has 3 rings (SSSR count). The van der Waals surface area contributed by atoms with E-state index in [-0.39, 0.29) is 61.6 Å². The van der Waals surface area contributed by atoms with Gasteiger partial charge in [-0.25, -0.2) is 0 Å². The van der Waals surface area contributed by atoms with Crippen molar-refractivity contribution in [2.45, 2.75) is 17.5 Å². The average molecular weight is 482 g/mol. The number of H-pyrrole nitrogens is 1. The Labute approximate surface area is 194 Å². The molecule has 9 N–H and O–H groups in total. The molecule has 11 nitrogen and oxygen atoms in total. The number of nitrogens with zero attached hydrogens (tertiary/aromatic N) is 2. The second-order valence-corrected chi connectivity index (χ2v) is 6.45. The van der Waals surface area contributed by atoms with E-state index in [1.54, 1.807) is 6.07 Å². The molecule has 0 saturated heterocycles. The zero-order chi connectivity index (χ0) is 18.7. The maximum absolute atomic E-state index is 12.6. The lowest BCUT2D eigenvalue weighted by molar-refractivity contribution is -0.0497. The quantitative estimate of drug-likeness (QED) is 0.318. The van der Waals surface area contributed by atoms with E-state index < -0.39 is 17.8 Å². The molecule has 174 valence electrons. The predicted octanol–water partition coefficient (Wildman–Crippen LogP) is -1.33. The summed E-state index contributed by atoms with van der Waals surface area (Å²) >= 11 is -1.56. The molecule has 2 heterocycles. The van der Waals surface area contributed by atoms with Gasteiger partial charge >= 0.3 is 34.8 Å². The third-order valence-corrected chi connectivity index (χ3v) is 4.67. The van der Waals surface area contributed by atoms with Crippen LogP contribution in [-0.4, -0.2) is 85.3 Å². The van der Waals surface area contributed by atoms with Crippen LogP contribution < -0.4 is 14.2 Å². The van der Waals surface area contributed by atoms with Crippen LogP contribution in [0, 0.1) is 0 Å². The number of aromatic nitrogens is 3. The number of hydrogen-bond acceptors (Lipinski definition) is 6. The lowest BCUT2D eigenvalue weighted by Gasteiger charge is -2.12. The third kappa shape index (κ3) is 7.89. The largest absolute Gasteiger partial charge is 0.609 e. The van der Waals surface area contributed by atoms with Gasteiger partial charge in [0.25, 0.3) is 0 Å². The summed E-state index contributed by atoms with van der Waals surface area (Å²) in [6.45, 7) is -2.92. The number of imidazole rings is 1. The molecule has 0 amide bonds. The standard InChI is InChI=1S/C16H15F2N3O4S.Mg.4H2O.2H/c1-23-13-5-6-19-12(14(13)24-2)8-26(22)16-20-10-4-3-9(25-15(17)18)7-11(10)21-16;;;;;;;/h3-7,15H,8H2,1-2H3,(H,20,21);;4*1H2;;. The Hall–Kier alpha value is -1.98. The van der Waals surface area contributed by atoms with Gasteiger partial charge in [0.15, 0.2) is 17.3 Å². The molecule has 0 aliphatic carbocycles. The molecule has 0 bridgehead atoms. The molecule has 1 unspecified atom stereocenters. The minimum Gasteiger partial charge on any atom is -0.609 e. The number of pyridine rings is 1. The number of ether oxygens (including phenoxy) is 3. The van der Waals surface area contributed by atoms with E-state index >= 15 is 0 Å². The van der Waals surface area contributed by atoms with Crippen LogP contribution in [0.2, 0.25) is 0 Å². The summed E-state index contributed by atoms with van der Waals surface area (Å²) in [6.07, 6.45) is 1.53. The third-order valence-electron chi connectivity index (χ3n) is 3.51. The number of hydrogen-bond donors (Lipinski definition) is 1. The van der Waals surface area contributed by atoms with Crippen LogP contribution in [-0.2, 0) is 16.9 Å². The van der Waals surface area contributed by atoms with E-state index in [1.165, 1.54) is 38.6 Å². The molecule has 0 spiro atoms. The number of alkyl halides is 2. The fraction of sp³-hybridized carbons (Fsp3) is 0.250. The van der Waals surface area contributed by atoms with Gasteiger partial charge in [0.05, 0.1) is 25.3 Å². The fourth-order valence-electron chi connectivity index (χ4n) is 2.39. The Morgan fingerprint density at radius 1 is 1.10 bits per heavy atom. The molecule has 0 radical (unpaired) electrons. The van der Waals surface area contributed by atoms with Gasteiger partial charge in [0.2, 0.25) is 0 Å². The minimum atomic E-state index is -2.92. The van der Waals surface area contributed by atoms with Gasteiger partial charge in [-0.3, -0.25) is 9.97 Å². The van der Waals surface area contributed by atoms with E-state index in [2.05, 4.69) is 19.7 Å². The number of aromatic amines is 1. The first-order valence-corrected chi connectivity index (χ1v) is 8.72. The molecule has 0 aliphatic heterocycles. The van der Waals surface area contributed by atoms with Crippen molar-refractivity contribution in [3.8, 4) is 17.2 Å². The first-order valence-electron chi connectivity index (χ1n) is 7.40. The zero-order valence-corrected chi connectivity index (χ0v) is 16.7. The Bertz CT molecular complexity index is 922. The van der Waals surface area contributed by atoms with E-state index in [9.17, 15) is 13.3 Å². The van der Waals surface area contributed by atoms with Crippen LogP contribution in [0.25, 0.3) is 11.0 Å². The highest BCUT2D eigenvalue weighted by Gasteiger charge is 2.22.